The second-order valence-corrected chi connectivity index (χ2v) is 14.2. The van der Waals surface area contributed by atoms with Crippen LogP contribution in [0.2, 0.25) is 0 Å². The fourth-order valence-corrected chi connectivity index (χ4v) is 7.49. The van der Waals surface area contributed by atoms with E-state index in [9.17, 15) is 17.8 Å². The van der Waals surface area contributed by atoms with Gasteiger partial charge in [-0.3, -0.25) is 14.3 Å². The summed E-state index contributed by atoms with van der Waals surface area (Å²) < 4.78 is 36.9. The van der Waals surface area contributed by atoms with Crippen LogP contribution in [-0.4, -0.2) is 56.0 Å². The summed E-state index contributed by atoms with van der Waals surface area (Å²) in [7, 11) is -4.50. The highest BCUT2D eigenvalue weighted by molar-refractivity contribution is 7.80. The quantitative estimate of drug-likeness (QED) is 0.0812. The molecule has 10 heteroatoms. The first-order valence-electron chi connectivity index (χ1n) is 15.1. The molecule has 9 nitrogen and oxygen atoms in total. The molecule has 5 N–H and O–H groups in total. The summed E-state index contributed by atoms with van der Waals surface area (Å²) in [5.74, 6) is 1.30. The van der Waals surface area contributed by atoms with E-state index in [4.69, 9.17) is 15.7 Å². The van der Waals surface area contributed by atoms with Gasteiger partial charge < -0.3 is 16.4 Å². The average Bonchev–Trinajstić information content (AvgIpc) is 3.21. The monoisotopic (exact) mass is 580 g/mol. The number of allylic oxidation sites excluding steroid dienone is 2. The Labute approximate surface area is 241 Å². The molecule has 3 aliphatic rings. The molecule has 0 aromatic heterocycles. The molecule has 40 heavy (non-hydrogen) atoms. The number of fused-ring (bicyclic) bond motifs is 1. The molecule has 3 rings (SSSR count). The van der Waals surface area contributed by atoms with Gasteiger partial charge in [-0.25, -0.2) is 4.18 Å². The molecule has 1 heterocycles. The van der Waals surface area contributed by atoms with Crippen molar-refractivity contribution in [1.29, 1.82) is 0 Å². The third kappa shape index (κ3) is 8.79. The highest BCUT2D eigenvalue weighted by Crippen LogP contribution is 2.58. The number of unbranched alkanes of at least 4 members (excludes halogenated alkanes) is 1. The third-order valence-electron chi connectivity index (χ3n) is 9.94. The smallest absolute Gasteiger partial charge is 0.370 e. The molecule has 1 fully saturated rings. The van der Waals surface area contributed by atoms with Gasteiger partial charge in [0.2, 0.25) is 5.91 Å². The second kappa shape index (κ2) is 13.8. The van der Waals surface area contributed by atoms with Gasteiger partial charge in [0.15, 0.2) is 5.96 Å². The number of carbonyl (C=O) groups excluding carboxylic acids is 1. The first-order chi connectivity index (χ1) is 18.7. The molecule has 2 aliphatic carbocycles. The van der Waals surface area contributed by atoms with Crippen LogP contribution in [0.25, 0.3) is 0 Å². The molecule has 0 bridgehead atoms. The molecule has 0 spiro atoms. The topological polar surface area (TPSA) is 148 Å². The number of guanidine groups is 1. The van der Waals surface area contributed by atoms with E-state index < -0.39 is 10.4 Å². The number of nitrogens with two attached hydrogens (primary N) is 2. The normalized spacial score (nSPS) is 27.1. The van der Waals surface area contributed by atoms with Gasteiger partial charge in [-0.2, -0.15) is 8.42 Å². The Morgan fingerprint density at radius 3 is 2.62 bits per heavy atom. The number of hydrogen-bond donors (Lipinski definition) is 3. The summed E-state index contributed by atoms with van der Waals surface area (Å²) in [6, 6.07) is 0. The first kappa shape index (κ1) is 32.6. The van der Waals surface area contributed by atoms with Crippen molar-refractivity contribution in [3.8, 4) is 0 Å². The Morgan fingerprint density at radius 1 is 1.18 bits per heavy atom. The van der Waals surface area contributed by atoms with Crippen molar-refractivity contribution in [3.05, 3.63) is 23.3 Å². The molecule has 1 amide bonds. The molecule has 1 saturated carbocycles. The zero-order chi connectivity index (χ0) is 29.6. The molecule has 0 aromatic carbocycles. The molecule has 0 saturated heterocycles. The zero-order valence-electron chi connectivity index (χ0n) is 25.0. The van der Waals surface area contributed by atoms with Crippen LogP contribution in [-0.2, 0) is 19.4 Å². The van der Waals surface area contributed by atoms with Crippen molar-refractivity contribution >= 4 is 22.3 Å². The summed E-state index contributed by atoms with van der Waals surface area (Å²) in [6.45, 7) is 11.4. The summed E-state index contributed by atoms with van der Waals surface area (Å²) >= 11 is 0. The molecule has 0 unspecified atom stereocenters. The van der Waals surface area contributed by atoms with Crippen LogP contribution < -0.4 is 11.5 Å². The van der Waals surface area contributed by atoms with Crippen molar-refractivity contribution in [3.63, 3.8) is 0 Å². The minimum Gasteiger partial charge on any atom is -0.370 e. The van der Waals surface area contributed by atoms with Gasteiger partial charge in [0, 0.05) is 25.2 Å². The van der Waals surface area contributed by atoms with Crippen LogP contribution in [0, 0.1) is 28.6 Å². The van der Waals surface area contributed by atoms with Gasteiger partial charge >= 0.3 is 10.4 Å². The maximum absolute atomic E-state index is 12.9. The Bertz CT molecular complexity index is 1080. The van der Waals surface area contributed by atoms with Crippen molar-refractivity contribution in [2.24, 2.45) is 45.0 Å². The number of aliphatic imine (C=N–C) groups is 1. The molecule has 228 valence electrons. The molecule has 4 atom stereocenters. The SMILES string of the molecule is C[C@H]1CC[C@H]2C(=CCCC2(C)C)[C@@]1(C)CC[C@@H](CCCC1=CCN(CCCCN=C(N)N)C1=O)COS(=O)(=O)O. The number of rotatable bonds is 15. The van der Waals surface area contributed by atoms with Crippen molar-refractivity contribution < 1.29 is 21.9 Å². The van der Waals surface area contributed by atoms with E-state index in [1.165, 1.54) is 19.3 Å². The van der Waals surface area contributed by atoms with Crippen LogP contribution >= 0.6 is 0 Å². The Morgan fingerprint density at radius 2 is 1.93 bits per heavy atom. The number of nitrogens with zero attached hydrogens (tertiary/aromatic N) is 2. The minimum absolute atomic E-state index is 0.0210. The van der Waals surface area contributed by atoms with E-state index in [1.807, 2.05) is 11.0 Å². The van der Waals surface area contributed by atoms with Gasteiger partial charge in [-0.15, -0.1) is 0 Å². The lowest BCUT2D eigenvalue weighted by Crippen LogP contribution is -2.43. The fraction of sp³-hybridized carbons (Fsp3) is 0.800. The fourth-order valence-electron chi connectivity index (χ4n) is 7.12. The van der Waals surface area contributed by atoms with Crippen molar-refractivity contribution in [2.75, 3.05) is 26.2 Å². The van der Waals surface area contributed by atoms with E-state index >= 15 is 0 Å². The maximum atomic E-state index is 12.9. The lowest BCUT2D eigenvalue weighted by molar-refractivity contribution is -0.125. The highest BCUT2D eigenvalue weighted by atomic mass is 32.3. The lowest BCUT2D eigenvalue weighted by Gasteiger charge is -2.53. The second-order valence-electron chi connectivity index (χ2n) is 13.1. The predicted molar refractivity (Wildman–Crippen MR) is 160 cm³/mol. The summed E-state index contributed by atoms with van der Waals surface area (Å²) in [4.78, 5) is 18.7. The van der Waals surface area contributed by atoms with Crippen molar-refractivity contribution in [1.82, 2.24) is 4.90 Å². The molecule has 0 radical (unpaired) electrons. The summed E-state index contributed by atoms with van der Waals surface area (Å²) in [6.07, 6.45) is 14.9. The predicted octanol–water partition coefficient (Wildman–Crippen LogP) is 4.99. The average molecular weight is 581 g/mol. The van der Waals surface area contributed by atoms with E-state index in [2.05, 4.69) is 38.8 Å². The van der Waals surface area contributed by atoms with Gasteiger partial charge in [0.25, 0.3) is 0 Å². The van der Waals surface area contributed by atoms with Crippen LogP contribution in [0.1, 0.15) is 98.3 Å². The number of hydrogen-bond acceptors (Lipinski definition) is 5. The number of carbonyl (C=O) groups is 1. The van der Waals surface area contributed by atoms with Gasteiger partial charge in [-0.05, 0) is 99.2 Å². The summed E-state index contributed by atoms with van der Waals surface area (Å²) in [5.41, 5.74) is 13.5. The minimum atomic E-state index is -4.50. The van der Waals surface area contributed by atoms with E-state index in [0.717, 1.165) is 50.5 Å². The number of amides is 1. The Balaban J connectivity index is 1.55. The van der Waals surface area contributed by atoms with Gasteiger partial charge in [0.05, 0.1) is 6.61 Å². The molecule has 1 aliphatic heterocycles. The van der Waals surface area contributed by atoms with Crippen LogP contribution in [0.3, 0.4) is 0 Å². The van der Waals surface area contributed by atoms with E-state index in [-0.39, 0.29) is 29.8 Å². The summed E-state index contributed by atoms with van der Waals surface area (Å²) in [5, 5.41) is 0. The Hall–Kier alpha value is -1.91. The van der Waals surface area contributed by atoms with Crippen LogP contribution in [0.5, 0.6) is 0 Å². The first-order valence-corrected chi connectivity index (χ1v) is 16.5. The molecular weight excluding hydrogens is 528 g/mol. The zero-order valence-corrected chi connectivity index (χ0v) is 25.8. The molecular formula is C30H52N4O5S. The molecule has 0 aromatic rings. The largest absolute Gasteiger partial charge is 0.397 e. The van der Waals surface area contributed by atoms with Gasteiger partial charge in [0.1, 0.15) is 0 Å². The highest BCUT2D eigenvalue weighted by Gasteiger charge is 2.47. The van der Waals surface area contributed by atoms with Crippen LogP contribution in [0.15, 0.2) is 28.3 Å². The lowest BCUT2D eigenvalue weighted by atomic mass is 9.52. The van der Waals surface area contributed by atoms with E-state index in [1.54, 1.807) is 5.57 Å². The van der Waals surface area contributed by atoms with E-state index in [0.29, 0.717) is 43.3 Å². The van der Waals surface area contributed by atoms with Crippen LogP contribution in [0.4, 0.5) is 0 Å². The van der Waals surface area contributed by atoms with Crippen molar-refractivity contribution in [2.45, 2.75) is 98.3 Å². The Kier molecular flexibility index (Phi) is 11.3. The maximum Gasteiger partial charge on any atom is 0.397 e. The van der Waals surface area contributed by atoms with Gasteiger partial charge in [-0.1, -0.05) is 45.4 Å². The standard InChI is InChI=1S/C30H52N4O5S/c1-22-12-13-25-26(11-8-16-29(25,2)3)30(22,4)17-14-23(21-39-40(36,37)38)9-7-10-24-15-20-34(27(24)35)19-6-5-18-33-28(31)32/h11,15,22-23,25H,5-10,12-14,16-21H2,1-4H3,(H4,31,32,33)(H,36,37,38)/t22-,23+,25-,30-/m0/s1. The third-order valence-corrected chi connectivity index (χ3v) is 10.4.